The quantitative estimate of drug-likeness (QED) is 0.767. The number of likely N-dealkylation sites (N-methyl/N-ethyl adjacent to an activating group) is 1. The Morgan fingerprint density at radius 2 is 2.12 bits per heavy atom. The molecule has 0 unspecified atom stereocenters. The van der Waals surface area contributed by atoms with Crippen LogP contribution in [0.1, 0.15) is 17.4 Å². The Hall–Kier alpha value is -1.75. The smallest absolute Gasteiger partial charge is 0.165 e. The van der Waals surface area contributed by atoms with Crippen LogP contribution in [0.4, 0.5) is 0 Å². The van der Waals surface area contributed by atoms with Crippen molar-refractivity contribution < 1.29 is 0 Å². The van der Waals surface area contributed by atoms with Gasteiger partial charge in [-0.2, -0.15) is 0 Å². The number of benzene rings is 1. The molecule has 5 nitrogen and oxygen atoms in total. The summed E-state index contributed by atoms with van der Waals surface area (Å²) in [7, 11) is 2.11. The first-order valence-corrected chi connectivity index (χ1v) is 5.82. The van der Waals surface area contributed by atoms with Gasteiger partial charge in [-0.15, -0.1) is 5.10 Å². The van der Waals surface area contributed by atoms with E-state index in [0.29, 0.717) is 6.04 Å². The van der Waals surface area contributed by atoms with E-state index in [4.69, 9.17) is 0 Å². The molecule has 0 amide bonds. The van der Waals surface area contributed by atoms with E-state index < -0.39 is 0 Å². The Morgan fingerprint density at radius 3 is 2.94 bits per heavy atom. The average molecular weight is 229 g/mol. The number of rotatable bonds is 2. The molecule has 0 fully saturated rings. The normalized spacial score (nSPS) is 20.2. The fraction of sp³-hybridized carbons (Fsp3) is 0.417. The van der Waals surface area contributed by atoms with Gasteiger partial charge in [0.15, 0.2) is 5.82 Å². The molecule has 0 saturated carbocycles. The van der Waals surface area contributed by atoms with Gasteiger partial charge in [0.2, 0.25) is 0 Å². The van der Waals surface area contributed by atoms with Crippen molar-refractivity contribution >= 4 is 0 Å². The van der Waals surface area contributed by atoms with Crippen LogP contribution in [0.15, 0.2) is 30.3 Å². The van der Waals surface area contributed by atoms with Gasteiger partial charge in [0, 0.05) is 6.54 Å². The molecule has 0 aliphatic carbocycles. The van der Waals surface area contributed by atoms with E-state index in [1.807, 2.05) is 10.7 Å². The number of nitrogens with zero attached hydrogens (tertiary/aromatic N) is 5. The van der Waals surface area contributed by atoms with Gasteiger partial charge in [0.05, 0.1) is 12.6 Å². The van der Waals surface area contributed by atoms with Crippen molar-refractivity contribution in [3.63, 3.8) is 0 Å². The molecule has 3 rings (SSSR count). The maximum Gasteiger partial charge on any atom is 0.165 e. The lowest BCUT2D eigenvalue weighted by Crippen LogP contribution is -2.36. The van der Waals surface area contributed by atoms with Crippen molar-refractivity contribution in [2.24, 2.45) is 0 Å². The van der Waals surface area contributed by atoms with Crippen LogP contribution in [0, 0.1) is 0 Å². The maximum atomic E-state index is 4.10. The van der Waals surface area contributed by atoms with Crippen LogP contribution in [-0.4, -0.2) is 38.7 Å². The third kappa shape index (κ3) is 2.06. The lowest BCUT2D eigenvalue weighted by molar-refractivity contribution is 0.204. The molecule has 1 aromatic heterocycles. The average Bonchev–Trinajstić information content (AvgIpc) is 2.78. The number of hydrogen-bond donors (Lipinski definition) is 0. The Balaban J connectivity index is 1.85. The van der Waals surface area contributed by atoms with Crippen LogP contribution in [0.5, 0.6) is 0 Å². The van der Waals surface area contributed by atoms with Crippen LogP contribution >= 0.6 is 0 Å². The number of tetrazole rings is 1. The van der Waals surface area contributed by atoms with Crippen molar-refractivity contribution in [2.45, 2.75) is 19.0 Å². The van der Waals surface area contributed by atoms with Gasteiger partial charge in [0.1, 0.15) is 0 Å². The van der Waals surface area contributed by atoms with E-state index in [1.165, 1.54) is 5.56 Å². The van der Waals surface area contributed by atoms with Crippen LogP contribution in [0.3, 0.4) is 0 Å². The molecule has 1 atom stereocenters. The molecule has 1 aromatic carbocycles. The standard InChI is InChI=1S/C12H15N5/c1-16-8-11(7-10-5-3-2-4-6-10)17-12(9-16)13-14-15-17/h2-6,11H,7-9H2,1H3/t11-/m1/s1. The fourth-order valence-corrected chi connectivity index (χ4v) is 2.38. The second kappa shape index (κ2) is 4.25. The zero-order valence-electron chi connectivity index (χ0n) is 9.82. The molecule has 17 heavy (non-hydrogen) atoms. The highest BCUT2D eigenvalue weighted by Crippen LogP contribution is 2.20. The summed E-state index contributed by atoms with van der Waals surface area (Å²) in [6, 6.07) is 10.8. The first-order chi connectivity index (χ1) is 8.33. The van der Waals surface area contributed by atoms with Gasteiger partial charge in [-0.05, 0) is 29.5 Å². The van der Waals surface area contributed by atoms with Crippen LogP contribution < -0.4 is 0 Å². The molecular formula is C12H15N5. The molecule has 88 valence electrons. The van der Waals surface area contributed by atoms with E-state index >= 15 is 0 Å². The fourth-order valence-electron chi connectivity index (χ4n) is 2.38. The monoisotopic (exact) mass is 229 g/mol. The number of fused-ring (bicyclic) bond motifs is 1. The first kappa shape index (κ1) is 10.4. The Labute approximate surface area is 100 Å². The Kier molecular flexibility index (Phi) is 2.60. The minimum Gasteiger partial charge on any atom is -0.297 e. The van der Waals surface area contributed by atoms with Gasteiger partial charge < -0.3 is 0 Å². The van der Waals surface area contributed by atoms with Gasteiger partial charge in [-0.1, -0.05) is 30.3 Å². The highest BCUT2D eigenvalue weighted by atomic mass is 15.6. The summed E-state index contributed by atoms with van der Waals surface area (Å²) in [5, 5.41) is 11.9. The molecule has 5 heteroatoms. The SMILES string of the molecule is CN1Cc2nnnn2[C@H](Cc2ccccc2)C1. The predicted octanol–water partition coefficient (Wildman–Crippen LogP) is 0.902. The minimum absolute atomic E-state index is 0.334. The summed E-state index contributed by atoms with van der Waals surface area (Å²) in [5.41, 5.74) is 1.33. The summed E-state index contributed by atoms with van der Waals surface area (Å²) in [5.74, 6) is 0.958. The lowest BCUT2D eigenvalue weighted by atomic mass is 10.0. The summed E-state index contributed by atoms with van der Waals surface area (Å²) in [6.45, 7) is 1.82. The maximum absolute atomic E-state index is 4.10. The summed E-state index contributed by atoms with van der Waals surface area (Å²) < 4.78 is 1.97. The molecule has 1 aliphatic rings. The molecule has 2 heterocycles. The summed E-state index contributed by atoms with van der Waals surface area (Å²) in [6.07, 6.45) is 0.975. The highest BCUT2D eigenvalue weighted by molar-refractivity contribution is 5.16. The summed E-state index contributed by atoms with van der Waals surface area (Å²) in [4.78, 5) is 2.26. The Bertz CT molecular complexity index is 493. The lowest BCUT2D eigenvalue weighted by Gasteiger charge is -2.29. The van der Waals surface area contributed by atoms with E-state index in [0.717, 1.165) is 25.3 Å². The third-order valence-electron chi connectivity index (χ3n) is 3.15. The third-order valence-corrected chi connectivity index (χ3v) is 3.15. The van der Waals surface area contributed by atoms with Gasteiger partial charge in [-0.3, -0.25) is 4.90 Å². The molecular weight excluding hydrogens is 214 g/mol. The molecule has 2 aromatic rings. The van der Waals surface area contributed by atoms with Crippen LogP contribution in [-0.2, 0) is 13.0 Å². The largest absolute Gasteiger partial charge is 0.297 e. The van der Waals surface area contributed by atoms with Gasteiger partial charge >= 0.3 is 0 Å². The molecule has 0 bridgehead atoms. The second-order valence-corrected chi connectivity index (χ2v) is 4.58. The van der Waals surface area contributed by atoms with E-state index in [-0.39, 0.29) is 0 Å². The van der Waals surface area contributed by atoms with Crippen LogP contribution in [0.2, 0.25) is 0 Å². The molecule has 0 radical (unpaired) electrons. The van der Waals surface area contributed by atoms with Crippen LogP contribution in [0.25, 0.3) is 0 Å². The van der Waals surface area contributed by atoms with E-state index in [9.17, 15) is 0 Å². The zero-order valence-corrected chi connectivity index (χ0v) is 9.82. The molecule has 0 saturated heterocycles. The minimum atomic E-state index is 0.334. The summed E-state index contributed by atoms with van der Waals surface area (Å²) >= 11 is 0. The second-order valence-electron chi connectivity index (χ2n) is 4.58. The van der Waals surface area contributed by atoms with Crippen molar-refractivity contribution in [3.8, 4) is 0 Å². The van der Waals surface area contributed by atoms with E-state index in [1.54, 1.807) is 0 Å². The van der Waals surface area contributed by atoms with Crippen molar-refractivity contribution in [2.75, 3.05) is 13.6 Å². The van der Waals surface area contributed by atoms with Crippen molar-refractivity contribution in [1.29, 1.82) is 0 Å². The molecule has 0 spiro atoms. The zero-order chi connectivity index (χ0) is 11.7. The highest BCUT2D eigenvalue weighted by Gasteiger charge is 2.25. The van der Waals surface area contributed by atoms with Crippen molar-refractivity contribution in [3.05, 3.63) is 41.7 Å². The van der Waals surface area contributed by atoms with E-state index in [2.05, 4.69) is 51.7 Å². The van der Waals surface area contributed by atoms with Gasteiger partial charge in [0.25, 0.3) is 0 Å². The molecule has 1 aliphatic heterocycles. The van der Waals surface area contributed by atoms with Crippen molar-refractivity contribution in [1.82, 2.24) is 25.1 Å². The predicted molar refractivity (Wildman–Crippen MR) is 63.3 cm³/mol. The van der Waals surface area contributed by atoms with Gasteiger partial charge in [-0.25, -0.2) is 4.68 Å². The number of hydrogen-bond acceptors (Lipinski definition) is 4. The first-order valence-electron chi connectivity index (χ1n) is 5.82. The topological polar surface area (TPSA) is 46.8 Å². The number of aromatic nitrogens is 4. The Morgan fingerprint density at radius 1 is 1.29 bits per heavy atom. The molecule has 0 N–H and O–H groups in total.